The molecular formula is C18H18F2N6O3S. The number of carbonyl (C=O) groups is 1. The number of nitrogens with one attached hydrogen (secondary N) is 1. The SMILES string of the molecule is Cc1ccc(F)c(C(=O)n2nc(Nc3ccc(S(=O)(=O)N(C)C)cc3)nc2N)c1F. The third kappa shape index (κ3) is 3.86. The molecule has 0 fully saturated rings. The lowest BCUT2D eigenvalue weighted by atomic mass is 10.1. The average molecular weight is 436 g/mol. The summed E-state index contributed by atoms with van der Waals surface area (Å²) in [4.78, 5) is 16.5. The third-order valence-electron chi connectivity index (χ3n) is 4.21. The van der Waals surface area contributed by atoms with Crippen molar-refractivity contribution in [3.05, 3.63) is 59.2 Å². The second kappa shape index (κ2) is 7.80. The van der Waals surface area contributed by atoms with E-state index in [0.29, 0.717) is 10.4 Å². The first kappa shape index (κ1) is 21.3. The first-order valence-corrected chi connectivity index (χ1v) is 9.98. The van der Waals surface area contributed by atoms with Crippen LogP contribution in [0, 0.1) is 18.6 Å². The molecule has 0 aliphatic heterocycles. The van der Waals surface area contributed by atoms with Crippen LogP contribution in [0.5, 0.6) is 0 Å². The quantitative estimate of drug-likeness (QED) is 0.628. The molecule has 2 aromatic carbocycles. The number of anilines is 3. The molecule has 3 aromatic rings. The van der Waals surface area contributed by atoms with Crippen molar-refractivity contribution in [2.24, 2.45) is 0 Å². The molecule has 12 heteroatoms. The van der Waals surface area contributed by atoms with Crippen LogP contribution in [0.25, 0.3) is 0 Å². The Balaban J connectivity index is 1.87. The standard InChI is InChI=1S/C18H18F2N6O3S/c1-10-4-9-13(19)14(15(10)20)16(27)26-17(21)23-18(24-26)22-11-5-7-12(8-6-11)30(28,29)25(2)3/h4-9H,1-3H3,(H3,21,22,23,24). The molecule has 158 valence electrons. The Kier molecular flexibility index (Phi) is 5.55. The monoisotopic (exact) mass is 436 g/mol. The smallest absolute Gasteiger partial charge is 0.287 e. The van der Waals surface area contributed by atoms with Gasteiger partial charge in [-0.1, -0.05) is 6.07 Å². The van der Waals surface area contributed by atoms with E-state index in [2.05, 4.69) is 15.4 Å². The molecule has 9 nitrogen and oxygen atoms in total. The summed E-state index contributed by atoms with van der Waals surface area (Å²) in [5.41, 5.74) is 5.38. The summed E-state index contributed by atoms with van der Waals surface area (Å²) in [5, 5.41) is 6.60. The number of nitrogens with two attached hydrogens (primary N) is 1. The van der Waals surface area contributed by atoms with Crippen molar-refractivity contribution in [2.45, 2.75) is 11.8 Å². The molecule has 0 saturated carbocycles. The Hall–Kier alpha value is -3.38. The number of aromatic nitrogens is 3. The number of sulfonamides is 1. The highest BCUT2D eigenvalue weighted by Gasteiger charge is 2.24. The molecule has 1 heterocycles. The van der Waals surface area contributed by atoms with Crippen molar-refractivity contribution in [1.29, 1.82) is 0 Å². The first-order valence-electron chi connectivity index (χ1n) is 8.54. The molecule has 0 unspecified atom stereocenters. The first-order chi connectivity index (χ1) is 14.0. The zero-order valence-electron chi connectivity index (χ0n) is 16.2. The number of nitrogen functional groups attached to an aromatic ring is 1. The van der Waals surface area contributed by atoms with Gasteiger partial charge in [0.15, 0.2) is 0 Å². The highest BCUT2D eigenvalue weighted by Crippen LogP contribution is 2.21. The Labute approximate surface area is 171 Å². The summed E-state index contributed by atoms with van der Waals surface area (Å²) in [6.45, 7) is 1.39. The molecule has 0 saturated heterocycles. The van der Waals surface area contributed by atoms with Gasteiger partial charge in [-0.25, -0.2) is 21.5 Å². The van der Waals surface area contributed by atoms with Gasteiger partial charge < -0.3 is 11.1 Å². The predicted octanol–water partition coefficient (Wildman–Crippen LogP) is 2.13. The van der Waals surface area contributed by atoms with E-state index in [1.807, 2.05) is 0 Å². The van der Waals surface area contributed by atoms with Gasteiger partial charge in [-0.2, -0.15) is 9.67 Å². The second-order valence-electron chi connectivity index (χ2n) is 6.50. The largest absolute Gasteiger partial charge is 0.368 e. The molecule has 0 aliphatic rings. The maximum atomic E-state index is 14.2. The highest BCUT2D eigenvalue weighted by atomic mass is 32.2. The van der Waals surface area contributed by atoms with E-state index in [1.54, 1.807) is 0 Å². The van der Waals surface area contributed by atoms with E-state index in [9.17, 15) is 22.0 Å². The lowest BCUT2D eigenvalue weighted by molar-refractivity contribution is 0.0939. The number of benzene rings is 2. The van der Waals surface area contributed by atoms with Gasteiger partial charge in [0.25, 0.3) is 5.91 Å². The van der Waals surface area contributed by atoms with Crippen molar-refractivity contribution in [1.82, 2.24) is 19.1 Å². The Morgan fingerprint density at radius 1 is 1.13 bits per heavy atom. The molecule has 0 bridgehead atoms. The molecule has 0 spiro atoms. The van der Waals surface area contributed by atoms with Crippen molar-refractivity contribution >= 4 is 33.5 Å². The topological polar surface area (TPSA) is 123 Å². The van der Waals surface area contributed by atoms with Crippen LogP contribution in [0.3, 0.4) is 0 Å². The van der Waals surface area contributed by atoms with Crippen LogP contribution in [-0.4, -0.2) is 47.5 Å². The summed E-state index contributed by atoms with van der Waals surface area (Å²) in [6, 6.07) is 7.87. The summed E-state index contributed by atoms with van der Waals surface area (Å²) in [5.74, 6) is -3.67. The van der Waals surface area contributed by atoms with E-state index < -0.39 is 33.1 Å². The molecule has 0 amide bonds. The Morgan fingerprint density at radius 2 is 1.77 bits per heavy atom. The summed E-state index contributed by atoms with van der Waals surface area (Å²) >= 11 is 0. The van der Waals surface area contributed by atoms with Gasteiger partial charge in [0, 0.05) is 19.8 Å². The van der Waals surface area contributed by atoms with E-state index in [1.165, 1.54) is 51.4 Å². The molecule has 3 rings (SSSR count). The van der Waals surface area contributed by atoms with Gasteiger partial charge in [0.2, 0.25) is 21.9 Å². The molecular weight excluding hydrogens is 418 g/mol. The van der Waals surface area contributed by atoms with E-state index >= 15 is 0 Å². The Morgan fingerprint density at radius 3 is 2.37 bits per heavy atom. The lowest BCUT2D eigenvalue weighted by Gasteiger charge is -2.11. The average Bonchev–Trinajstić information content (AvgIpc) is 3.05. The zero-order chi connectivity index (χ0) is 22.2. The van der Waals surface area contributed by atoms with Crippen LogP contribution < -0.4 is 11.1 Å². The minimum absolute atomic E-state index is 0.0802. The van der Waals surface area contributed by atoms with Crippen LogP contribution >= 0.6 is 0 Å². The number of nitrogens with zero attached hydrogens (tertiary/aromatic N) is 4. The minimum Gasteiger partial charge on any atom is -0.368 e. The van der Waals surface area contributed by atoms with Gasteiger partial charge in [-0.15, -0.1) is 5.10 Å². The van der Waals surface area contributed by atoms with Crippen LogP contribution in [-0.2, 0) is 10.0 Å². The number of hydrogen-bond donors (Lipinski definition) is 2. The van der Waals surface area contributed by atoms with Crippen LogP contribution in [0.15, 0.2) is 41.3 Å². The van der Waals surface area contributed by atoms with E-state index in [0.717, 1.165) is 10.4 Å². The predicted molar refractivity (Wildman–Crippen MR) is 106 cm³/mol. The molecule has 3 N–H and O–H groups in total. The van der Waals surface area contributed by atoms with Crippen LogP contribution in [0.4, 0.5) is 26.4 Å². The maximum absolute atomic E-state index is 14.2. The van der Waals surface area contributed by atoms with Gasteiger partial charge in [0.1, 0.15) is 17.2 Å². The van der Waals surface area contributed by atoms with E-state index in [4.69, 9.17) is 5.73 Å². The van der Waals surface area contributed by atoms with E-state index in [-0.39, 0.29) is 22.4 Å². The number of hydrogen-bond acceptors (Lipinski definition) is 7. The summed E-state index contributed by atoms with van der Waals surface area (Å²) in [6.07, 6.45) is 0. The molecule has 0 radical (unpaired) electrons. The fourth-order valence-electron chi connectivity index (χ4n) is 2.54. The number of carbonyl (C=O) groups excluding carboxylic acids is 1. The van der Waals surface area contributed by atoms with Crippen LogP contribution in [0.2, 0.25) is 0 Å². The zero-order valence-corrected chi connectivity index (χ0v) is 17.0. The molecule has 0 atom stereocenters. The molecule has 0 aliphatic carbocycles. The normalized spacial score (nSPS) is 11.7. The number of rotatable bonds is 5. The third-order valence-corrected chi connectivity index (χ3v) is 6.04. The lowest BCUT2D eigenvalue weighted by Crippen LogP contribution is -2.22. The molecule has 1 aromatic heterocycles. The fourth-order valence-corrected chi connectivity index (χ4v) is 3.44. The van der Waals surface area contributed by atoms with Gasteiger partial charge in [-0.3, -0.25) is 4.79 Å². The number of halogens is 2. The number of aryl methyl sites for hydroxylation is 1. The van der Waals surface area contributed by atoms with Gasteiger partial charge >= 0.3 is 0 Å². The van der Waals surface area contributed by atoms with Crippen molar-refractivity contribution < 1.29 is 22.0 Å². The van der Waals surface area contributed by atoms with Crippen molar-refractivity contribution in [3.63, 3.8) is 0 Å². The Bertz CT molecular complexity index is 1220. The van der Waals surface area contributed by atoms with Crippen molar-refractivity contribution in [3.8, 4) is 0 Å². The second-order valence-corrected chi connectivity index (χ2v) is 8.65. The fraction of sp³-hybridized carbons (Fsp3) is 0.167. The van der Waals surface area contributed by atoms with Crippen LogP contribution in [0.1, 0.15) is 15.9 Å². The minimum atomic E-state index is -3.59. The van der Waals surface area contributed by atoms with Gasteiger partial charge in [-0.05, 0) is 42.8 Å². The van der Waals surface area contributed by atoms with Crippen molar-refractivity contribution in [2.75, 3.05) is 25.1 Å². The summed E-state index contributed by atoms with van der Waals surface area (Å²) in [7, 11) is -0.759. The molecule has 30 heavy (non-hydrogen) atoms. The highest BCUT2D eigenvalue weighted by molar-refractivity contribution is 7.89. The maximum Gasteiger partial charge on any atom is 0.287 e. The van der Waals surface area contributed by atoms with Gasteiger partial charge in [0.05, 0.1) is 4.90 Å². The summed E-state index contributed by atoms with van der Waals surface area (Å²) < 4.78 is 54.1.